The molecule has 0 bridgehead atoms. The van der Waals surface area contributed by atoms with E-state index in [1.54, 1.807) is 30.3 Å². The minimum absolute atomic E-state index is 0.123. The van der Waals surface area contributed by atoms with Gasteiger partial charge in [-0.25, -0.2) is 4.79 Å². The van der Waals surface area contributed by atoms with Gasteiger partial charge < -0.3 is 10.6 Å². The second-order valence-corrected chi connectivity index (χ2v) is 7.76. The molecular formula is C21H19ClN6O4. The van der Waals surface area contributed by atoms with Crippen molar-refractivity contribution >= 4 is 40.3 Å². The van der Waals surface area contributed by atoms with Crippen LogP contribution in [0.15, 0.2) is 47.3 Å². The number of amides is 4. The number of benzene rings is 2. The van der Waals surface area contributed by atoms with Gasteiger partial charge in [-0.05, 0) is 41.8 Å². The van der Waals surface area contributed by atoms with E-state index in [1.807, 2.05) is 12.1 Å². The molecule has 2 aromatic carbocycles. The summed E-state index contributed by atoms with van der Waals surface area (Å²) in [6.45, 7) is 0.523. The molecular weight excluding hydrogens is 436 g/mol. The van der Waals surface area contributed by atoms with Gasteiger partial charge in [0, 0.05) is 24.5 Å². The molecule has 3 N–H and O–H groups in total. The van der Waals surface area contributed by atoms with E-state index in [9.17, 15) is 19.2 Å². The zero-order valence-electron chi connectivity index (χ0n) is 16.8. The van der Waals surface area contributed by atoms with Crippen molar-refractivity contribution < 1.29 is 14.4 Å². The normalized spacial score (nSPS) is 16.0. The lowest BCUT2D eigenvalue weighted by molar-refractivity contribution is -0.136. The van der Waals surface area contributed by atoms with E-state index in [0.717, 1.165) is 10.2 Å². The van der Waals surface area contributed by atoms with Crippen LogP contribution in [-0.2, 0) is 22.7 Å². The minimum atomic E-state index is -0.891. The lowest BCUT2D eigenvalue weighted by Crippen LogP contribution is -2.45. The van der Waals surface area contributed by atoms with Gasteiger partial charge in [-0.2, -0.15) is 4.68 Å². The summed E-state index contributed by atoms with van der Waals surface area (Å²) >= 11 is 5.85. The molecule has 4 rings (SSSR count). The fourth-order valence-electron chi connectivity index (χ4n) is 3.36. The van der Waals surface area contributed by atoms with E-state index in [1.165, 1.54) is 0 Å². The van der Waals surface area contributed by atoms with Crippen molar-refractivity contribution in [2.24, 2.45) is 0 Å². The molecule has 10 nitrogen and oxygen atoms in total. The monoisotopic (exact) mass is 454 g/mol. The zero-order valence-corrected chi connectivity index (χ0v) is 17.6. The maximum Gasteiger partial charge on any atom is 0.315 e. The third-order valence-electron chi connectivity index (χ3n) is 5.07. The van der Waals surface area contributed by atoms with Crippen molar-refractivity contribution in [2.75, 3.05) is 0 Å². The number of hydrogen-bond acceptors (Lipinski definition) is 6. The first-order chi connectivity index (χ1) is 15.4. The number of rotatable bonds is 5. The van der Waals surface area contributed by atoms with Gasteiger partial charge in [-0.1, -0.05) is 35.0 Å². The van der Waals surface area contributed by atoms with E-state index in [2.05, 4.69) is 26.3 Å². The number of piperidine rings is 1. The molecule has 164 valence electrons. The molecule has 0 aliphatic carbocycles. The summed E-state index contributed by atoms with van der Waals surface area (Å²) in [6.07, 6.45) is 0.303. The first kappa shape index (κ1) is 21.4. The van der Waals surface area contributed by atoms with Crippen LogP contribution in [0.25, 0.3) is 10.9 Å². The molecule has 0 saturated carbocycles. The van der Waals surface area contributed by atoms with Gasteiger partial charge in [0.2, 0.25) is 5.91 Å². The van der Waals surface area contributed by atoms with Gasteiger partial charge in [0.15, 0.2) is 0 Å². The Kier molecular flexibility index (Phi) is 6.13. The highest BCUT2D eigenvalue weighted by molar-refractivity contribution is 6.30. The number of fused-ring (bicyclic) bond motifs is 1. The predicted octanol–water partition coefficient (Wildman–Crippen LogP) is 1.42. The molecule has 11 heteroatoms. The summed E-state index contributed by atoms with van der Waals surface area (Å²) in [7, 11) is 0. The third kappa shape index (κ3) is 4.75. The maximum absolute atomic E-state index is 12.9. The summed E-state index contributed by atoms with van der Waals surface area (Å²) in [4.78, 5) is 48.5. The molecule has 3 aromatic rings. The van der Waals surface area contributed by atoms with Crippen LogP contribution >= 0.6 is 11.6 Å². The van der Waals surface area contributed by atoms with Crippen LogP contribution in [0.4, 0.5) is 4.79 Å². The Labute approximate surface area is 186 Å². The summed E-state index contributed by atoms with van der Waals surface area (Å²) in [5, 5.41) is 16.5. The van der Waals surface area contributed by atoms with Crippen molar-refractivity contribution in [3.8, 4) is 0 Å². The highest BCUT2D eigenvalue weighted by Gasteiger charge is 2.30. The number of aromatic nitrogens is 3. The number of imide groups is 1. The van der Waals surface area contributed by atoms with Crippen molar-refractivity contribution in [3.05, 3.63) is 69.0 Å². The molecule has 1 atom stereocenters. The lowest BCUT2D eigenvalue weighted by Gasteiger charge is -2.21. The first-order valence-corrected chi connectivity index (χ1v) is 10.3. The minimum Gasteiger partial charge on any atom is -0.334 e. The van der Waals surface area contributed by atoms with Gasteiger partial charge in [-0.15, -0.1) is 5.10 Å². The van der Waals surface area contributed by atoms with Crippen LogP contribution in [-0.4, -0.2) is 32.8 Å². The van der Waals surface area contributed by atoms with Crippen LogP contribution in [0.5, 0.6) is 0 Å². The molecule has 1 aliphatic heterocycles. The van der Waals surface area contributed by atoms with E-state index in [-0.39, 0.29) is 36.7 Å². The molecule has 1 saturated heterocycles. The number of nitrogens with zero attached hydrogens (tertiary/aromatic N) is 3. The number of nitrogens with one attached hydrogen (secondary N) is 3. The van der Waals surface area contributed by atoms with Gasteiger partial charge in [-0.3, -0.25) is 19.7 Å². The van der Waals surface area contributed by atoms with E-state index in [4.69, 9.17) is 11.6 Å². The Balaban J connectivity index is 1.44. The Morgan fingerprint density at radius 1 is 1.06 bits per heavy atom. The Bertz CT molecular complexity index is 1260. The van der Waals surface area contributed by atoms with Gasteiger partial charge in [0.05, 0.1) is 5.39 Å². The average molecular weight is 455 g/mol. The number of carbonyl (C=O) groups is 3. The Morgan fingerprint density at radius 2 is 1.75 bits per heavy atom. The van der Waals surface area contributed by atoms with Crippen molar-refractivity contribution in [1.29, 1.82) is 0 Å². The van der Waals surface area contributed by atoms with Gasteiger partial charge in [0.1, 0.15) is 11.6 Å². The molecule has 1 aliphatic rings. The van der Waals surface area contributed by atoms with Crippen LogP contribution in [0, 0.1) is 0 Å². The standard InChI is InChI=1S/C21H19ClN6O4/c22-14-4-1-12(2-5-14)10-23-21(32)24-11-13-3-6-16-15(9-13)20(31)28(27-26-16)17-7-8-18(29)25-19(17)30/h1-6,9,17H,7-8,10-11H2,(H2,23,24,32)(H,25,29,30). The SMILES string of the molecule is O=C1CCC(n2nnc3ccc(CNC(=O)NCc4ccc(Cl)cc4)cc3c2=O)C(=O)N1. The molecule has 1 aromatic heterocycles. The van der Waals surface area contributed by atoms with Crippen LogP contribution in [0.2, 0.25) is 5.02 Å². The van der Waals surface area contributed by atoms with Gasteiger partial charge >= 0.3 is 6.03 Å². The number of halogens is 1. The fourth-order valence-corrected chi connectivity index (χ4v) is 3.49. The molecule has 32 heavy (non-hydrogen) atoms. The quantitative estimate of drug-likeness (QED) is 0.499. The summed E-state index contributed by atoms with van der Waals surface area (Å²) in [5.41, 5.74) is 1.47. The topological polar surface area (TPSA) is 135 Å². The molecule has 2 heterocycles. The zero-order chi connectivity index (χ0) is 22.7. The van der Waals surface area contributed by atoms with Crippen molar-refractivity contribution in [3.63, 3.8) is 0 Å². The predicted molar refractivity (Wildman–Crippen MR) is 116 cm³/mol. The van der Waals surface area contributed by atoms with Crippen molar-refractivity contribution in [2.45, 2.75) is 32.0 Å². The Morgan fingerprint density at radius 3 is 2.47 bits per heavy atom. The molecule has 1 unspecified atom stereocenters. The highest BCUT2D eigenvalue weighted by Crippen LogP contribution is 2.17. The van der Waals surface area contributed by atoms with E-state index < -0.39 is 17.5 Å². The second-order valence-electron chi connectivity index (χ2n) is 7.32. The number of urea groups is 1. The average Bonchev–Trinajstić information content (AvgIpc) is 2.78. The Hall–Kier alpha value is -3.79. The largest absolute Gasteiger partial charge is 0.334 e. The van der Waals surface area contributed by atoms with Gasteiger partial charge in [0.25, 0.3) is 11.5 Å². The van der Waals surface area contributed by atoms with E-state index in [0.29, 0.717) is 22.6 Å². The fraction of sp³-hybridized carbons (Fsp3) is 0.238. The molecule has 1 fully saturated rings. The van der Waals surface area contributed by atoms with Crippen LogP contribution in [0.3, 0.4) is 0 Å². The first-order valence-electron chi connectivity index (χ1n) is 9.88. The summed E-state index contributed by atoms with van der Waals surface area (Å²) in [6, 6.07) is 10.8. The smallest absolute Gasteiger partial charge is 0.315 e. The second kappa shape index (κ2) is 9.15. The third-order valence-corrected chi connectivity index (χ3v) is 5.32. The summed E-state index contributed by atoms with van der Waals surface area (Å²) in [5.74, 6) is -0.956. The summed E-state index contributed by atoms with van der Waals surface area (Å²) < 4.78 is 1.00. The van der Waals surface area contributed by atoms with Crippen LogP contribution in [0.1, 0.15) is 30.0 Å². The van der Waals surface area contributed by atoms with Crippen molar-refractivity contribution in [1.82, 2.24) is 30.9 Å². The number of hydrogen-bond donors (Lipinski definition) is 3. The molecule has 0 radical (unpaired) electrons. The van der Waals surface area contributed by atoms with Crippen LogP contribution < -0.4 is 21.5 Å². The highest BCUT2D eigenvalue weighted by atomic mass is 35.5. The van der Waals surface area contributed by atoms with E-state index >= 15 is 0 Å². The molecule has 4 amide bonds. The molecule has 0 spiro atoms. The maximum atomic E-state index is 12.9. The lowest BCUT2D eigenvalue weighted by atomic mass is 10.1. The number of carbonyl (C=O) groups excluding carboxylic acids is 3.